The van der Waals surface area contributed by atoms with Crippen molar-refractivity contribution < 1.29 is 17.9 Å². The smallest absolute Gasteiger partial charge is 0.240 e. The van der Waals surface area contributed by atoms with Crippen LogP contribution in [0.3, 0.4) is 0 Å². The molecular formula is C19H24N2O4S. The molecule has 2 aromatic rings. The van der Waals surface area contributed by atoms with Gasteiger partial charge in [-0.05, 0) is 49.7 Å². The summed E-state index contributed by atoms with van der Waals surface area (Å²) in [4.78, 5) is 13.6. The molecule has 0 aliphatic rings. The van der Waals surface area contributed by atoms with Gasteiger partial charge < -0.3 is 9.64 Å². The minimum atomic E-state index is -3.66. The third-order valence-electron chi connectivity index (χ3n) is 4.03. The second-order valence-corrected chi connectivity index (χ2v) is 7.80. The standard InChI is InChI=1S/C19H24N2O4S/c1-14-5-7-17(8-6-14)21(16(3)22)12-11-20-26(23,24)18-9-10-19(25-4)15(2)13-18/h5-10,13,20H,11-12H2,1-4H3. The molecule has 0 aliphatic heterocycles. The summed E-state index contributed by atoms with van der Waals surface area (Å²) in [5.41, 5.74) is 2.57. The zero-order valence-electron chi connectivity index (χ0n) is 15.4. The van der Waals surface area contributed by atoms with Gasteiger partial charge in [0.05, 0.1) is 12.0 Å². The van der Waals surface area contributed by atoms with Gasteiger partial charge in [0.2, 0.25) is 15.9 Å². The number of hydrogen-bond acceptors (Lipinski definition) is 4. The monoisotopic (exact) mass is 376 g/mol. The van der Waals surface area contributed by atoms with E-state index in [0.29, 0.717) is 5.75 Å². The molecule has 0 heterocycles. The van der Waals surface area contributed by atoms with Crippen LogP contribution in [-0.4, -0.2) is 34.5 Å². The average molecular weight is 376 g/mol. The molecule has 1 N–H and O–H groups in total. The van der Waals surface area contributed by atoms with Gasteiger partial charge in [0.25, 0.3) is 0 Å². The number of anilines is 1. The van der Waals surface area contributed by atoms with Crippen molar-refractivity contribution in [2.24, 2.45) is 0 Å². The highest BCUT2D eigenvalue weighted by Gasteiger charge is 2.17. The van der Waals surface area contributed by atoms with E-state index < -0.39 is 10.0 Å². The van der Waals surface area contributed by atoms with E-state index in [0.717, 1.165) is 16.8 Å². The Kier molecular flexibility index (Phi) is 6.39. The SMILES string of the molecule is COc1ccc(S(=O)(=O)NCCN(C(C)=O)c2ccc(C)cc2)cc1C. The van der Waals surface area contributed by atoms with Gasteiger partial charge >= 0.3 is 0 Å². The van der Waals surface area contributed by atoms with Crippen LogP contribution < -0.4 is 14.4 Å². The van der Waals surface area contributed by atoms with Crippen molar-refractivity contribution in [1.29, 1.82) is 0 Å². The van der Waals surface area contributed by atoms with Crippen molar-refractivity contribution in [2.45, 2.75) is 25.7 Å². The lowest BCUT2D eigenvalue weighted by Gasteiger charge is -2.21. The van der Waals surface area contributed by atoms with Crippen LogP contribution >= 0.6 is 0 Å². The van der Waals surface area contributed by atoms with E-state index >= 15 is 0 Å². The molecule has 0 saturated heterocycles. The van der Waals surface area contributed by atoms with Gasteiger partial charge in [0, 0.05) is 25.7 Å². The Morgan fingerprint density at radius 1 is 1.12 bits per heavy atom. The molecule has 140 valence electrons. The van der Waals surface area contributed by atoms with E-state index in [4.69, 9.17) is 4.74 Å². The number of hydrogen-bond donors (Lipinski definition) is 1. The number of methoxy groups -OCH3 is 1. The highest BCUT2D eigenvalue weighted by Crippen LogP contribution is 2.21. The molecule has 2 aromatic carbocycles. The molecule has 0 aliphatic carbocycles. The molecule has 0 aromatic heterocycles. The van der Waals surface area contributed by atoms with Gasteiger partial charge in [-0.15, -0.1) is 0 Å². The van der Waals surface area contributed by atoms with Crippen molar-refractivity contribution in [3.63, 3.8) is 0 Å². The Bertz CT molecular complexity index is 877. The molecule has 0 saturated carbocycles. The molecule has 7 heteroatoms. The minimum Gasteiger partial charge on any atom is -0.496 e. The summed E-state index contributed by atoms with van der Waals surface area (Å²) in [7, 11) is -2.12. The van der Waals surface area contributed by atoms with Crippen molar-refractivity contribution >= 4 is 21.6 Å². The summed E-state index contributed by atoms with van der Waals surface area (Å²) in [6.45, 7) is 5.56. The third kappa shape index (κ3) is 4.83. The predicted molar refractivity (Wildman–Crippen MR) is 102 cm³/mol. The van der Waals surface area contributed by atoms with Crippen molar-refractivity contribution in [1.82, 2.24) is 4.72 Å². The zero-order chi connectivity index (χ0) is 19.3. The van der Waals surface area contributed by atoms with E-state index in [2.05, 4.69) is 4.72 Å². The Labute approximate surface area is 154 Å². The Balaban J connectivity index is 2.07. The Morgan fingerprint density at radius 3 is 2.31 bits per heavy atom. The van der Waals surface area contributed by atoms with Crippen molar-refractivity contribution in [3.8, 4) is 5.75 Å². The maximum Gasteiger partial charge on any atom is 0.240 e. The number of carbonyl (C=O) groups is 1. The number of rotatable bonds is 7. The molecule has 0 radical (unpaired) electrons. The van der Waals surface area contributed by atoms with Gasteiger partial charge in [0.1, 0.15) is 5.75 Å². The van der Waals surface area contributed by atoms with E-state index in [1.54, 1.807) is 24.0 Å². The van der Waals surface area contributed by atoms with Gasteiger partial charge in [-0.25, -0.2) is 13.1 Å². The lowest BCUT2D eigenvalue weighted by atomic mass is 10.2. The maximum atomic E-state index is 12.5. The quantitative estimate of drug-likeness (QED) is 0.806. The molecule has 2 rings (SSSR count). The highest BCUT2D eigenvalue weighted by molar-refractivity contribution is 7.89. The molecule has 26 heavy (non-hydrogen) atoms. The highest BCUT2D eigenvalue weighted by atomic mass is 32.2. The summed E-state index contributed by atoms with van der Waals surface area (Å²) in [5, 5.41) is 0. The summed E-state index contributed by atoms with van der Waals surface area (Å²) >= 11 is 0. The number of benzene rings is 2. The second kappa shape index (κ2) is 8.33. The topological polar surface area (TPSA) is 75.7 Å². The number of carbonyl (C=O) groups excluding carboxylic acids is 1. The first-order valence-corrected chi connectivity index (χ1v) is 9.72. The van der Waals surface area contributed by atoms with E-state index in [1.165, 1.54) is 20.1 Å². The second-order valence-electron chi connectivity index (χ2n) is 6.04. The predicted octanol–water partition coefficient (Wildman–Crippen LogP) is 2.64. The fraction of sp³-hybridized carbons (Fsp3) is 0.316. The Morgan fingerprint density at radius 2 is 1.77 bits per heavy atom. The van der Waals surface area contributed by atoms with Crippen LogP contribution in [0.1, 0.15) is 18.1 Å². The molecule has 0 unspecified atom stereocenters. The minimum absolute atomic E-state index is 0.112. The first-order chi connectivity index (χ1) is 12.2. The molecule has 6 nitrogen and oxygen atoms in total. The molecule has 0 bridgehead atoms. The fourth-order valence-corrected chi connectivity index (χ4v) is 3.69. The molecule has 0 fully saturated rings. The normalized spacial score (nSPS) is 11.2. The number of sulfonamides is 1. The number of nitrogens with zero attached hydrogens (tertiary/aromatic N) is 1. The largest absolute Gasteiger partial charge is 0.496 e. The molecule has 0 spiro atoms. The lowest BCUT2D eigenvalue weighted by Crippen LogP contribution is -2.37. The summed E-state index contributed by atoms with van der Waals surface area (Å²) < 4.78 is 32.6. The van der Waals surface area contributed by atoms with E-state index in [1.807, 2.05) is 31.2 Å². The Hall–Kier alpha value is -2.38. The molecular weight excluding hydrogens is 352 g/mol. The molecule has 1 amide bonds. The lowest BCUT2D eigenvalue weighted by molar-refractivity contribution is -0.116. The summed E-state index contributed by atoms with van der Waals surface area (Å²) in [5.74, 6) is 0.486. The van der Waals surface area contributed by atoms with Crippen LogP contribution in [0.25, 0.3) is 0 Å². The van der Waals surface area contributed by atoms with Gasteiger partial charge in [0.15, 0.2) is 0 Å². The summed E-state index contributed by atoms with van der Waals surface area (Å²) in [6.07, 6.45) is 0. The number of aryl methyl sites for hydroxylation is 2. The fourth-order valence-electron chi connectivity index (χ4n) is 2.59. The van der Waals surface area contributed by atoms with Gasteiger partial charge in [-0.1, -0.05) is 17.7 Å². The first-order valence-electron chi connectivity index (χ1n) is 8.23. The van der Waals surface area contributed by atoms with E-state index in [9.17, 15) is 13.2 Å². The van der Waals surface area contributed by atoms with Gasteiger partial charge in [-0.3, -0.25) is 4.79 Å². The van der Waals surface area contributed by atoms with Crippen molar-refractivity contribution in [3.05, 3.63) is 53.6 Å². The van der Waals surface area contributed by atoms with Crippen LogP contribution in [0.15, 0.2) is 47.4 Å². The number of nitrogens with one attached hydrogen (secondary N) is 1. The van der Waals surface area contributed by atoms with Crippen LogP contribution in [0, 0.1) is 13.8 Å². The summed E-state index contributed by atoms with van der Waals surface area (Å²) in [6, 6.07) is 12.2. The van der Waals surface area contributed by atoms with Crippen LogP contribution in [-0.2, 0) is 14.8 Å². The van der Waals surface area contributed by atoms with Gasteiger partial charge in [-0.2, -0.15) is 0 Å². The van der Waals surface area contributed by atoms with Crippen molar-refractivity contribution in [2.75, 3.05) is 25.1 Å². The first kappa shape index (κ1) is 19.9. The maximum absolute atomic E-state index is 12.5. The zero-order valence-corrected chi connectivity index (χ0v) is 16.3. The molecule has 0 atom stereocenters. The van der Waals surface area contributed by atoms with Crippen LogP contribution in [0.5, 0.6) is 5.75 Å². The average Bonchev–Trinajstić information content (AvgIpc) is 2.59. The van der Waals surface area contributed by atoms with Crippen LogP contribution in [0.2, 0.25) is 0 Å². The van der Waals surface area contributed by atoms with E-state index in [-0.39, 0.29) is 23.9 Å². The third-order valence-corrected chi connectivity index (χ3v) is 5.49. The van der Waals surface area contributed by atoms with Crippen LogP contribution in [0.4, 0.5) is 5.69 Å². The number of ether oxygens (including phenoxy) is 1. The number of amides is 1.